The summed E-state index contributed by atoms with van der Waals surface area (Å²) >= 11 is 0. The van der Waals surface area contributed by atoms with Crippen molar-refractivity contribution in [2.75, 3.05) is 13.2 Å². The summed E-state index contributed by atoms with van der Waals surface area (Å²) in [6, 6.07) is 1.06. The first kappa shape index (κ1) is 20.2. The molecule has 2 saturated heterocycles. The van der Waals surface area contributed by atoms with E-state index < -0.39 is 13.7 Å². The van der Waals surface area contributed by atoms with Gasteiger partial charge >= 0.3 is 12.1 Å². The Bertz CT molecular complexity index is 498. The largest absolute Gasteiger partial charge is 0.459 e. The Balaban J connectivity index is 1.81. The number of hydrogen-bond donors (Lipinski definition) is 1. The van der Waals surface area contributed by atoms with E-state index in [0.717, 1.165) is 31.9 Å². The fraction of sp³-hybridized carbons (Fsp3) is 0.889. The predicted octanol–water partition coefficient (Wildman–Crippen LogP) is 3.00. The number of ether oxygens (including phenoxy) is 2. The molecule has 2 heterocycles. The van der Waals surface area contributed by atoms with Crippen molar-refractivity contribution in [3.8, 4) is 0 Å². The topological polar surface area (TPSA) is 67.9 Å². The number of hydrogen-bond acceptors (Lipinski definition) is 5. The van der Waals surface area contributed by atoms with Gasteiger partial charge in [0.15, 0.2) is 0 Å². The van der Waals surface area contributed by atoms with E-state index in [4.69, 9.17) is 9.47 Å². The first-order chi connectivity index (χ1) is 11.5. The Morgan fingerprint density at radius 3 is 2.44 bits per heavy atom. The first-order valence-electron chi connectivity index (χ1n) is 9.38. The van der Waals surface area contributed by atoms with Crippen molar-refractivity contribution in [3.63, 3.8) is 0 Å². The summed E-state index contributed by atoms with van der Waals surface area (Å²) in [5.41, 5.74) is -0.466. The SMILES string of the molecule is CC(C)(C)OC(=O)[C@@H]1CC[C@H]2[C@@H](NC(=O)OCC[Si](C)(C)C)CCN12. The van der Waals surface area contributed by atoms with Crippen LogP contribution in [0.15, 0.2) is 0 Å². The monoisotopic (exact) mass is 370 g/mol. The van der Waals surface area contributed by atoms with Crippen LogP contribution in [0.3, 0.4) is 0 Å². The average molecular weight is 371 g/mol. The van der Waals surface area contributed by atoms with Crippen LogP contribution in [0.4, 0.5) is 4.79 Å². The van der Waals surface area contributed by atoms with Crippen LogP contribution in [-0.4, -0.2) is 61.9 Å². The van der Waals surface area contributed by atoms with Gasteiger partial charge in [0.05, 0.1) is 6.61 Å². The fourth-order valence-electron chi connectivity index (χ4n) is 3.56. The third-order valence-corrected chi connectivity index (χ3v) is 6.50. The maximum atomic E-state index is 12.4. The Kier molecular flexibility index (Phi) is 6.20. The lowest BCUT2D eigenvalue weighted by atomic mass is 10.1. The van der Waals surface area contributed by atoms with Crippen molar-refractivity contribution in [1.29, 1.82) is 0 Å². The van der Waals surface area contributed by atoms with Gasteiger partial charge in [-0.15, -0.1) is 0 Å². The molecule has 2 aliphatic heterocycles. The molecule has 25 heavy (non-hydrogen) atoms. The van der Waals surface area contributed by atoms with Crippen molar-refractivity contribution in [1.82, 2.24) is 10.2 Å². The molecule has 0 unspecified atom stereocenters. The fourth-order valence-corrected chi connectivity index (χ4v) is 4.27. The highest BCUT2D eigenvalue weighted by atomic mass is 28.3. The predicted molar refractivity (Wildman–Crippen MR) is 100 cm³/mol. The van der Waals surface area contributed by atoms with Gasteiger partial charge in [0.1, 0.15) is 11.6 Å². The lowest BCUT2D eigenvalue weighted by Gasteiger charge is -2.27. The van der Waals surface area contributed by atoms with Gasteiger partial charge in [-0.25, -0.2) is 4.79 Å². The van der Waals surface area contributed by atoms with Crippen LogP contribution in [0.25, 0.3) is 0 Å². The standard InChI is InChI=1S/C18H34N2O4Si/c1-18(2,3)24-16(21)15-8-7-14-13(9-10-20(14)15)19-17(22)23-11-12-25(4,5)6/h13-15H,7-12H2,1-6H3,(H,19,22)/t13-,14-,15-/m0/s1. The summed E-state index contributed by atoms with van der Waals surface area (Å²) in [5, 5.41) is 3.00. The minimum Gasteiger partial charge on any atom is -0.459 e. The number of fused-ring (bicyclic) bond motifs is 1. The Morgan fingerprint density at radius 2 is 1.84 bits per heavy atom. The number of alkyl carbamates (subject to hydrolysis) is 1. The third kappa shape index (κ3) is 5.99. The van der Waals surface area contributed by atoms with Gasteiger partial charge in [0.25, 0.3) is 0 Å². The summed E-state index contributed by atoms with van der Waals surface area (Å²) in [5.74, 6) is -0.145. The molecular weight excluding hydrogens is 336 g/mol. The van der Waals surface area contributed by atoms with Crippen LogP contribution in [0.2, 0.25) is 25.7 Å². The molecule has 6 nitrogen and oxygen atoms in total. The van der Waals surface area contributed by atoms with E-state index in [2.05, 4.69) is 29.9 Å². The number of carbonyl (C=O) groups is 2. The van der Waals surface area contributed by atoms with Gasteiger partial charge in [0, 0.05) is 26.7 Å². The molecule has 0 saturated carbocycles. The van der Waals surface area contributed by atoms with E-state index in [1.165, 1.54) is 0 Å². The summed E-state index contributed by atoms with van der Waals surface area (Å²) < 4.78 is 10.9. The number of amides is 1. The molecule has 0 aromatic carbocycles. The zero-order chi connectivity index (χ0) is 18.8. The van der Waals surface area contributed by atoms with Crippen LogP contribution >= 0.6 is 0 Å². The normalized spacial score (nSPS) is 27.0. The van der Waals surface area contributed by atoms with E-state index in [1.807, 2.05) is 20.8 Å². The van der Waals surface area contributed by atoms with Crippen LogP contribution < -0.4 is 5.32 Å². The van der Waals surface area contributed by atoms with Crippen LogP contribution in [0.1, 0.15) is 40.0 Å². The van der Waals surface area contributed by atoms with E-state index in [-0.39, 0.29) is 30.2 Å². The average Bonchev–Trinajstić information content (AvgIpc) is 2.98. The number of nitrogens with zero attached hydrogens (tertiary/aromatic N) is 1. The number of nitrogens with one attached hydrogen (secondary N) is 1. The molecule has 1 amide bonds. The zero-order valence-electron chi connectivity index (χ0n) is 16.6. The van der Waals surface area contributed by atoms with E-state index in [1.54, 1.807) is 0 Å². The molecule has 2 rings (SSSR count). The highest BCUT2D eigenvalue weighted by Crippen LogP contribution is 2.34. The first-order valence-corrected chi connectivity index (χ1v) is 13.1. The molecule has 1 N–H and O–H groups in total. The molecule has 2 fully saturated rings. The van der Waals surface area contributed by atoms with Crippen molar-refractivity contribution >= 4 is 20.1 Å². The van der Waals surface area contributed by atoms with Gasteiger partial charge in [-0.2, -0.15) is 0 Å². The van der Waals surface area contributed by atoms with E-state index >= 15 is 0 Å². The Morgan fingerprint density at radius 1 is 1.16 bits per heavy atom. The van der Waals surface area contributed by atoms with Gasteiger partial charge < -0.3 is 14.8 Å². The minimum absolute atomic E-state index is 0.0619. The molecule has 0 bridgehead atoms. The highest BCUT2D eigenvalue weighted by Gasteiger charge is 2.47. The highest BCUT2D eigenvalue weighted by molar-refractivity contribution is 6.76. The number of esters is 1. The van der Waals surface area contributed by atoms with Crippen LogP contribution in [-0.2, 0) is 14.3 Å². The van der Waals surface area contributed by atoms with Crippen LogP contribution in [0.5, 0.6) is 0 Å². The van der Waals surface area contributed by atoms with Gasteiger partial charge in [-0.3, -0.25) is 9.69 Å². The molecule has 0 radical (unpaired) electrons. The summed E-state index contributed by atoms with van der Waals surface area (Å²) in [6.45, 7) is 13.8. The molecule has 0 spiro atoms. The Labute approximate surface area is 152 Å². The Hall–Kier alpha value is -1.08. The lowest BCUT2D eigenvalue weighted by Crippen LogP contribution is -2.46. The van der Waals surface area contributed by atoms with Gasteiger partial charge in [-0.05, 0) is 46.1 Å². The van der Waals surface area contributed by atoms with E-state index in [9.17, 15) is 9.59 Å². The quantitative estimate of drug-likeness (QED) is 0.595. The molecule has 0 aromatic heterocycles. The molecule has 2 aliphatic rings. The van der Waals surface area contributed by atoms with Gasteiger partial charge in [-0.1, -0.05) is 19.6 Å². The summed E-state index contributed by atoms with van der Waals surface area (Å²) in [7, 11) is -1.20. The van der Waals surface area contributed by atoms with Crippen LogP contribution in [0, 0.1) is 0 Å². The summed E-state index contributed by atoms with van der Waals surface area (Å²) in [6.07, 6.45) is 2.23. The molecular formula is C18H34N2O4Si. The number of rotatable bonds is 5. The summed E-state index contributed by atoms with van der Waals surface area (Å²) in [4.78, 5) is 26.6. The molecule has 144 valence electrons. The zero-order valence-corrected chi connectivity index (χ0v) is 17.6. The molecule has 3 atom stereocenters. The number of carbonyl (C=O) groups excluding carboxylic acids is 2. The molecule has 7 heteroatoms. The molecule has 0 aromatic rings. The maximum absolute atomic E-state index is 12.4. The smallest absolute Gasteiger partial charge is 0.407 e. The van der Waals surface area contributed by atoms with Crippen molar-refractivity contribution in [2.45, 2.75) is 89.4 Å². The van der Waals surface area contributed by atoms with Gasteiger partial charge in [0.2, 0.25) is 0 Å². The molecule has 0 aliphatic carbocycles. The third-order valence-electron chi connectivity index (χ3n) is 4.79. The minimum atomic E-state index is -1.20. The second-order valence-corrected chi connectivity index (χ2v) is 15.0. The van der Waals surface area contributed by atoms with Crippen molar-refractivity contribution in [2.24, 2.45) is 0 Å². The second-order valence-electron chi connectivity index (χ2n) is 9.42. The maximum Gasteiger partial charge on any atom is 0.407 e. The lowest BCUT2D eigenvalue weighted by molar-refractivity contribution is -0.160. The van der Waals surface area contributed by atoms with E-state index in [0.29, 0.717) is 6.61 Å². The van der Waals surface area contributed by atoms with Crippen molar-refractivity contribution < 1.29 is 19.1 Å². The second kappa shape index (κ2) is 7.66. The van der Waals surface area contributed by atoms with Crippen molar-refractivity contribution in [3.05, 3.63) is 0 Å².